The van der Waals surface area contributed by atoms with Crippen molar-refractivity contribution in [1.29, 1.82) is 0 Å². The van der Waals surface area contributed by atoms with Gasteiger partial charge in [0.25, 0.3) is 5.91 Å². The molecule has 0 fully saturated rings. The maximum Gasteiger partial charge on any atom is 0.573 e. The number of H-pyrrole nitrogens is 1. The molecule has 29 heavy (non-hydrogen) atoms. The molecule has 3 rings (SSSR count). The van der Waals surface area contributed by atoms with Crippen molar-refractivity contribution in [2.24, 2.45) is 0 Å². The highest BCUT2D eigenvalue weighted by Crippen LogP contribution is 2.33. The van der Waals surface area contributed by atoms with Gasteiger partial charge in [-0.2, -0.15) is 0 Å². The number of aromatic amines is 1. The molecule has 0 bridgehead atoms. The molecule has 0 atom stereocenters. The second kappa shape index (κ2) is 8.43. The Hall–Kier alpha value is -3.21. The molecule has 0 aliphatic heterocycles. The number of aromatic nitrogens is 2. The van der Waals surface area contributed by atoms with Gasteiger partial charge >= 0.3 is 6.36 Å². The standard InChI is InChI=1S/C18H10BrF4N3O3/c19-13-5-6-14(28-11-1-3-12(4-2-11)29-18(21,22)23)15(16(13)20)17(27)26-10-7-8-24-25-9-10/h1-9H,(H,24,26,27)/p+1. The highest BCUT2D eigenvalue weighted by atomic mass is 79.9. The fourth-order valence-corrected chi connectivity index (χ4v) is 2.58. The van der Waals surface area contributed by atoms with Crippen molar-refractivity contribution >= 4 is 27.5 Å². The molecule has 1 amide bonds. The highest BCUT2D eigenvalue weighted by molar-refractivity contribution is 9.10. The van der Waals surface area contributed by atoms with E-state index in [9.17, 15) is 22.4 Å². The van der Waals surface area contributed by atoms with E-state index in [0.717, 1.165) is 12.1 Å². The van der Waals surface area contributed by atoms with Crippen LogP contribution in [-0.4, -0.2) is 17.4 Å². The lowest BCUT2D eigenvalue weighted by Gasteiger charge is -2.13. The zero-order valence-electron chi connectivity index (χ0n) is 14.3. The summed E-state index contributed by atoms with van der Waals surface area (Å²) in [6, 6.07) is 8.63. The first-order chi connectivity index (χ1) is 13.7. The number of carbonyl (C=O) groups excluding carboxylic acids is 1. The fraction of sp³-hybridized carbons (Fsp3) is 0.0556. The summed E-state index contributed by atoms with van der Waals surface area (Å²) in [5.74, 6) is -2.16. The molecule has 0 spiro atoms. The van der Waals surface area contributed by atoms with E-state index < -0.39 is 29.4 Å². The van der Waals surface area contributed by atoms with Gasteiger partial charge in [-0.25, -0.2) is 4.39 Å². The molecule has 3 aromatic rings. The van der Waals surface area contributed by atoms with Gasteiger partial charge in [0, 0.05) is 0 Å². The van der Waals surface area contributed by atoms with Crippen LogP contribution in [0, 0.1) is 5.82 Å². The minimum Gasteiger partial charge on any atom is -0.456 e. The number of anilines is 1. The SMILES string of the molecule is O=C(Nc1ccn[nH+]c1)c1c(Oc2ccc(OC(F)(F)F)cc2)ccc(Br)c1F. The van der Waals surface area contributed by atoms with Gasteiger partial charge < -0.3 is 14.8 Å². The number of carbonyl (C=O) groups is 1. The maximum atomic E-state index is 14.6. The Morgan fingerprint density at radius 2 is 1.76 bits per heavy atom. The van der Waals surface area contributed by atoms with Gasteiger partial charge in [0.2, 0.25) is 6.20 Å². The van der Waals surface area contributed by atoms with Crippen LogP contribution in [-0.2, 0) is 0 Å². The zero-order chi connectivity index (χ0) is 21.0. The van der Waals surface area contributed by atoms with Crippen LogP contribution < -0.4 is 19.9 Å². The van der Waals surface area contributed by atoms with Gasteiger partial charge in [-0.15, -0.1) is 18.3 Å². The summed E-state index contributed by atoms with van der Waals surface area (Å²) in [7, 11) is 0. The third kappa shape index (κ3) is 5.41. The third-order valence-corrected chi connectivity index (χ3v) is 4.06. The van der Waals surface area contributed by atoms with E-state index in [-0.39, 0.29) is 16.0 Å². The monoisotopic (exact) mass is 472 g/mol. The van der Waals surface area contributed by atoms with Crippen LogP contribution in [0.2, 0.25) is 0 Å². The Labute approximate surface area is 169 Å². The van der Waals surface area contributed by atoms with Crippen molar-refractivity contribution in [2.75, 3.05) is 5.32 Å². The van der Waals surface area contributed by atoms with Crippen LogP contribution >= 0.6 is 15.9 Å². The van der Waals surface area contributed by atoms with E-state index in [2.05, 4.69) is 36.2 Å². The van der Waals surface area contributed by atoms with Crippen LogP contribution in [0.25, 0.3) is 0 Å². The van der Waals surface area contributed by atoms with E-state index in [1.807, 2.05) is 0 Å². The summed E-state index contributed by atoms with van der Waals surface area (Å²) in [4.78, 5) is 12.6. The van der Waals surface area contributed by atoms with Crippen LogP contribution in [0.5, 0.6) is 17.2 Å². The van der Waals surface area contributed by atoms with E-state index in [1.54, 1.807) is 0 Å². The predicted molar refractivity (Wildman–Crippen MR) is 96.0 cm³/mol. The normalized spacial score (nSPS) is 11.1. The van der Waals surface area contributed by atoms with Gasteiger partial charge in [-0.1, -0.05) is 0 Å². The molecular formula is C18H11BrF4N3O3+. The van der Waals surface area contributed by atoms with Crippen molar-refractivity contribution < 1.29 is 36.9 Å². The lowest BCUT2D eigenvalue weighted by atomic mass is 10.1. The molecular weight excluding hydrogens is 462 g/mol. The number of amides is 1. The molecule has 0 saturated heterocycles. The number of hydrogen-bond donors (Lipinski definition) is 1. The Balaban J connectivity index is 1.86. The number of ether oxygens (including phenoxy) is 2. The summed E-state index contributed by atoms with van der Waals surface area (Å²) in [6.07, 6.45) is -2.03. The van der Waals surface area contributed by atoms with E-state index in [1.165, 1.54) is 42.7 Å². The van der Waals surface area contributed by atoms with Gasteiger partial charge in [-0.3, -0.25) is 4.79 Å². The maximum absolute atomic E-state index is 14.6. The van der Waals surface area contributed by atoms with Gasteiger partial charge in [0.15, 0.2) is 5.82 Å². The number of alkyl halides is 3. The number of benzene rings is 2. The first-order valence-electron chi connectivity index (χ1n) is 7.88. The van der Waals surface area contributed by atoms with E-state index >= 15 is 0 Å². The molecule has 2 aromatic carbocycles. The minimum absolute atomic E-state index is 0.0326. The Morgan fingerprint density at radius 1 is 1.07 bits per heavy atom. The van der Waals surface area contributed by atoms with Crippen molar-refractivity contribution in [3.05, 3.63) is 70.7 Å². The molecule has 1 heterocycles. The van der Waals surface area contributed by atoms with Gasteiger partial charge in [0.1, 0.15) is 28.5 Å². The lowest BCUT2D eigenvalue weighted by molar-refractivity contribution is -0.454. The topological polar surface area (TPSA) is 74.6 Å². The largest absolute Gasteiger partial charge is 0.573 e. The summed E-state index contributed by atoms with van der Waals surface area (Å²) >= 11 is 3.01. The van der Waals surface area contributed by atoms with E-state index in [0.29, 0.717) is 5.69 Å². The number of rotatable bonds is 5. The summed E-state index contributed by atoms with van der Waals surface area (Å²) in [5.41, 5.74) is -0.0595. The first-order valence-corrected chi connectivity index (χ1v) is 8.67. The number of halogens is 5. The predicted octanol–water partition coefficient (Wildman–Crippen LogP) is 4.74. The second-order valence-corrected chi connectivity index (χ2v) is 6.34. The Kier molecular flexibility index (Phi) is 5.97. The average molecular weight is 473 g/mol. The Morgan fingerprint density at radius 3 is 2.38 bits per heavy atom. The summed E-state index contributed by atoms with van der Waals surface area (Å²) in [5, 5.41) is 8.72. The third-order valence-electron chi connectivity index (χ3n) is 3.45. The lowest BCUT2D eigenvalue weighted by Crippen LogP contribution is -2.17. The second-order valence-electron chi connectivity index (χ2n) is 5.48. The number of nitrogens with one attached hydrogen (secondary N) is 2. The van der Waals surface area contributed by atoms with Gasteiger partial charge in [0.05, 0.1) is 10.7 Å². The molecule has 0 saturated carbocycles. The van der Waals surface area contributed by atoms with Gasteiger partial charge in [-0.05, 0) is 63.5 Å². The molecule has 6 nitrogen and oxygen atoms in total. The summed E-state index contributed by atoms with van der Waals surface area (Å²) < 4.78 is 60.7. The number of hydrogen-bond acceptors (Lipinski definition) is 4. The van der Waals surface area contributed by atoms with Crippen molar-refractivity contribution in [2.45, 2.75) is 6.36 Å². The average Bonchev–Trinajstić information content (AvgIpc) is 2.66. The van der Waals surface area contributed by atoms with Crippen molar-refractivity contribution in [3.8, 4) is 17.2 Å². The molecule has 11 heteroatoms. The van der Waals surface area contributed by atoms with Crippen molar-refractivity contribution in [1.82, 2.24) is 5.10 Å². The molecule has 150 valence electrons. The van der Waals surface area contributed by atoms with Crippen LogP contribution in [0.4, 0.5) is 23.2 Å². The molecule has 0 radical (unpaired) electrons. The molecule has 0 aliphatic carbocycles. The first kappa shape index (κ1) is 20.5. The molecule has 1 aromatic heterocycles. The van der Waals surface area contributed by atoms with Crippen LogP contribution in [0.15, 0.2) is 59.3 Å². The fourth-order valence-electron chi connectivity index (χ4n) is 2.25. The van der Waals surface area contributed by atoms with E-state index in [4.69, 9.17) is 4.74 Å². The zero-order valence-corrected chi connectivity index (χ0v) is 15.8. The van der Waals surface area contributed by atoms with Crippen LogP contribution in [0.3, 0.4) is 0 Å². The minimum atomic E-state index is -4.83. The summed E-state index contributed by atoms with van der Waals surface area (Å²) in [6.45, 7) is 0. The van der Waals surface area contributed by atoms with Crippen molar-refractivity contribution in [3.63, 3.8) is 0 Å². The molecule has 0 aliphatic rings. The molecule has 2 N–H and O–H groups in total. The molecule has 0 unspecified atom stereocenters. The quantitative estimate of drug-likeness (QED) is 0.544. The number of nitrogens with zero attached hydrogens (tertiary/aromatic N) is 1. The Bertz CT molecular complexity index is 1020. The highest BCUT2D eigenvalue weighted by Gasteiger charge is 2.31. The van der Waals surface area contributed by atoms with Crippen LogP contribution in [0.1, 0.15) is 10.4 Å². The smallest absolute Gasteiger partial charge is 0.456 e.